The standard InChI is InChI=1S/C21H26N4O/c1-3-11-25(12-4-2)15-16-5-8-18(9-6-16)21(26)24-20-13-17(14-22)7-10-19(20)23/h5-10,13H,3-4,11-12,15,23H2,1-2H3,(H,24,26). The number of anilines is 2. The van der Waals surface area contributed by atoms with Gasteiger partial charge in [0.1, 0.15) is 0 Å². The zero-order chi connectivity index (χ0) is 18.9. The first-order valence-corrected chi connectivity index (χ1v) is 8.99. The number of nitrogens with zero attached hydrogens (tertiary/aromatic N) is 2. The van der Waals surface area contributed by atoms with E-state index in [0.717, 1.165) is 32.5 Å². The van der Waals surface area contributed by atoms with Crippen LogP contribution in [0.4, 0.5) is 11.4 Å². The lowest BCUT2D eigenvalue weighted by atomic mass is 10.1. The Morgan fingerprint density at radius 1 is 1.12 bits per heavy atom. The summed E-state index contributed by atoms with van der Waals surface area (Å²) in [4.78, 5) is 14.9. The molecule has 0 saturated heterocycles. The first-order valence-electron chi connectivity index (χ1n) is 8.99. The van der Waals surface area contributed by atoms with Crippen molar-refractivity contribution >= 4 is 17.3 Å². The average molecular weight is 350 g/mol. The van der Waals surface area contributed by atoms with Crippen molar-refractivity contribution in [3.05, 3.63) is 59.2 Å². The molecule has 0 atom stereocenters. The summed E-state index contributed by atoms with van der Waals surface area (Å²) in [6.45, 7) is 7.40. The highest BCUT2D eigenvalue weighted by Crippen LogP contribution is 2.20. The second kappa shape index (κ2) is 9.59. The van der Waals surface area contributed by atoms with Crippen LogP contribution in [0.15, 0.2) is 42.5 Å². The molecule has 0 aliphatic heterocycles. The lowest BCUT2D eigenvalue weighted by molar-refractivity contribution is 0.102. The Balaban J connectivity index is 2.06. The van der Waals surface area contributed by atoms with E-state index in [-0.39, 0.29) is 5.91 Å². The quantitative estimate of drug-likeness (QED) is 0.705. The minimum absolute atomic E-state index is 0.239. The first-order chi connectivity index (χ1) is 12.6. The molecule has 0 aliphatic rings. The van der Waals surface area contributed by atoms with Gasteiger partial charge in [-0.2, -0.15) is 5.26 Å². The monoisotopic (exact) mass is 350 g/mol. The van der Waals surface area contributed by atoms with Gasteiger partial charge in [-0.15, -0.1) is 0 Å². The number of nitrogens with two attached hydrogens (primary N) is 1. The Bertz CT molecular complexity index is 772. The third-order valence-electron chi connectivity index (χ3n) is 4.13. The maximum absolute atomic E-state index is 12.4. The molecule has 5 heteroatoms. The Kier molecular flexibility index (Phi) is 7.19. The van der Waals surface area contributed by atoms with Crippen molar-refractivity contribution in [2.75, 3.05) is 24.1 Å². The van der Waals surface area contributed by atoms with E-state index >= 15 is 0 Å². The molecule has 2 aromatic carbocycles. The van der Waals surface area contributed by atoms with E-state index < -0.39 is 0 Å². The number of amides is 1. The van der Waals surface area contributed by atoms with Gasteiger partial charge in [0.2, 0.25) is 0 Å². The Morgan fingerprint density at radius 3 is 2.35 bits per heavy atom. The van der Waals surface area contributed by atoms with Crippen LogP contribution < -0.4 is 11.1 Å². The van der Waals surface area contributed by atoms with Crippen LogP contribution in [-0.2, 0) is 6.54 Å². The average Bonchev–Trinajstić information content (AvgIpc) is 2.64. The number of carbonyl (C=O) groups excluding carboxylic acids is 1. The summed E-state index contributed by atoms with van der Waals surface area (Å²) in [7, 11) is 0. The fraction of sp³-hybridized carbons (Fsp3) is 0.333. The molecule has 0 unspecified atom stereocenters. The Labute approximate surface area is 155 Å². The van der Waals surface area contributed by atoms with Gasteiger partial charge in [-0.1, -0.05) is 26.0 Å². The largest absolute Gasteiger partial charge is 0.397 e. The number of nitrogens with one attached hydrogen (secondary N) is 1. The first kappa shape index (κ1) is 19.5. The van der Waals surface area contributed by atoms with E-state index in [9.17, 15) is 4.79 Å². The maximum atomic E-state index is 12.4. The molecule has 0 aromatic heterocycles. The van der Waals surface area contributed by atoms with Crippen LogP contribution in [0.5, 0.6) is 0 Å². The van der Waals surface area contributed by atoms with Gasteiger partial charge in [-0.05, 0) is 61.8 Å². The van der Waals surface area contributed by atoms with E-state index in [2.05, 4.69) is 24.1 Å². The summed E-state index contributed by atoms with van der Waals surface area (Å²) in [5.74, 6) is -0.239. The van der Waals surface area contributed by atoms with Crippen LogP contribution in [0.2, 0.25) is 0 Å². The van der Waals surface area contributed by atoms with Crippen LogP contribution in [0.3, 0.4) is 0 Å². The smallest absolute Gasteiger partial charge is 0.255 e. The minimum Gasteiger partial charge on any atom is -0.397 e. The topological polar surface area (TPSA) is 82.2 Å². The predicted molar refractivity (Wildman–Crippen MR) is 106 cm³/mol. The summed E-state index contributed by atoms with van der Waals surface area (Å²) >= 11 is 0. The molecule has 0 spiro atoms. The van der Waals surface area contributed by atoms with Crippen molar-refractivity contribution < 1.29 is 4.79 Å². The van der Waals surface area contributed by atoms with E-state index in [1.807, 2.05) is 30.3 Å². The summed E-state index contributed by atoms with van der Waals surface area (Å²) in [5.41, 5.74) is 8.97. The Hall–Kier alpha value is -2.84. The zero-order valence-corrected chi connectivity index (χ0v) is 15.5. The number of hydrogen-bond acceptors (Lipinski definition) is 4. The normalized spacial score (nSPS) is 10.5. The third kappa shape index (κ3) is 5.33. The van der Waals surface area contributed by atoms with Crippen molar-refractivity contribution in [1.82, 2.24) is 4.90 Å². The molecule has 26 heavy (non-hydrogen) atoms. The fourth-order valence-corrected chi connectivity index (χ4v) is 2.85. The van der Waals surface area contributed by atoms with Crippen LogP contribution in [0, 0.1) is 11.3 Å². The molecule has 2 rings (SSSR count). The van der Waals surface area contributed by atoms with Gasteiger partial charge < -0.3 is 11.1 Å². The molecule has 1 amide bonds. The second-order valence-corrected chi connectivity index (χ2v) is 6.34. The minimum atomic E-state index is -0.239. The molecule has 0 saturated carbocycles. The van der Waals surface area contributed by atoms with Crippen molar-refractivity contribution in [1.29, 1.82) is 5.26 Å². The molecular formula is C21H26N4O. The van der Waals surface area contributed by atoms with Crippen LogP contribution in [0.1, 0.15) is 48.2 Å². The van der Waals surface area contributed by atoms with E-state index in [0.29, 0.717) is 22.5 Å². The van der Waals surface area contributed by atoms with Gasteiger partial charge in [-0.3, -0.25) is 9.69 Å². The summed E-state index contributed by atoms with van der Waals surface area (Å²) < 4.78 is 0. The van der Waals surface area contributed by atoms with Crippen LogP contribution in [0.25, 0.3) is 0 Å². The third-order valence-corrected chi connectivity index (χ3v) is 4.13. The van der Waals surface area contributed by atoms with Gasteiger partial charge in [0, 0.05) is 12.1 Å². The molecule has 0 bridgehead atoms. The van der Waals surface area contributed by atoms with E-state index in [1.54, 1.807) is 18.2 Å². The molecule has 5 nitrogen and oxygen atoms in total. The van der Waals surface area contributed by atoms with E-state index in [4.69, 9.17) is 11.0 Å². The van der Waals surface area contributed by atoms with Crippen molar-refractivity contribution in [2.45, 2.75) is 33.2 Å². The van der Waals surface area contributed by atoms with Crippen LogP contribution >= 0.6 is 0 Å². The highest BCUT2D eigenvalue weighted by molar-refractivity contribution is 6.05. The molecular weight excluding hydrogens is 324 g/mol. The van der Waals surface area contributed by atoms with Crippen molar-refractivity contribution in [3.8, 4) is 6.07 Å². The number of hydrogen-bond donors (Lipinski definition) is 2. The lowest BCUT2D eigenvalue weighted by Crippen LogP contribution is -2.24. The van der Waals surface area contributed by atoms with Gasteiger partial charge in [0.15, 0.2) is 0 Å². The SMILES string of the molecule is CCCN(CCC)Cc1ccc(C(=O)Nc2cc(C#N)ccc2N)cc1. The number of benzene rings is 2. The maximum Gasteiger partial charge on any atom is 0.255 e. The van der Waals surface area contributed by atoms with Gasteiger partial charge >= 0.3 is 0 Å². The van der Waals surface area contributed by atoms with Gasteiger partial charge in [0.25, 0.3) is 5.91 Å². The predicted octanol–water partition coefficient (Wildman–Crippen LogP) is 4.01. The van der Waals surface area contributed by atoms with Gasteiger partial charge in [0.05, 0.1) is 23.0 Å². The van der Waals surface area contributed by atoms with Crippen LogP contribution in [-0.4, -0.2) is 23.9 Å². The fourth-order valence-electron chi connectivity index (χ4n) is 2.85. The Morgan fingerprint density at radius 2 is 1.77 bits per heavy atom. The van der Waals surface area contributed by atoms with Crippen molar-refractivity contribution in [3.63, 3.8) is 0 Å². The number of nitrogen functional groups attached to an aromatic ring is 1. The summed E-state index contributed by atoms with van der Waals surface area (Å²) in [6.07, 6.45) is 2.26. The molecule has 0 heterocycles. The summed E-state index contributed by atoms with van der Waals surface area (Å²) in [6, 6.07) is 14.5. The molecule has 136 valence electrons. The second-order valence-electron chi connectivity index (χ2n) is 6.34. The number of carbonyl (C=O) groups is 1. The molecule has 2 aromatic rings. The zero-order valence-electron chi connectivity index (χ0n) is 15.5. The highest BCUT2D eigenvalue weighted by Gasteiger charge is 2.10. The molecule has 0 fully saturated rings. The molecule has 0 aliphatic carbocycles. The summed E-state index contributed by atoms with van der Waals surface area (Å²) in [5, 5.41) is 11.8. The number of nitriles is 1. The molecule has 0 radical (unpaired) electrons. The highest BCUT2D eigenvalue weighted by atomic mass is 16.1. The molecule has 3 N–H and O–H groups in total. The van der Waals surface area contributed by atoms with E-state index in [1.165, 1.54) is 5.56 Å². The van der Waals surface area contributed by atoms with Gasteiger partial charge in [-0.25, -0.2) is 0 Å². The number of rotatable bonds is 8. The lowest BCUT2D eigenvalue weighted by Gasteiger charge is -2.21. The van der Waals surface area contributed by atoms with Crippen molar-refractivity contribution in [2.24, 2.45) is 0 Å².